The molecule has 4 saturated heterocycles. The number of amides is 2. The Bertz CT molecular complexity index is 984. The Hall–Kier alpha value is -1.86. The maximum absolute atomic E-state index is 15.6. The lowest BCUT2D eigenvalue weighted by Crippen LogP contribution is -2.71. The molecule has 0 spiro atoms. The highest BCUT2D eigenvalue weighted by molar-refractivity contribution is 5.83. The average Bonchev–Trinajstić information content (AvgIpc) is 3.06. The molecule has 2 bridgehead atoms. The van der Waals surface area contributed by atoms with E-state index in [2.05, 4.69) is 22.5 Å². The quantitative estimate of drug-likeness (QED) is 0.332. The first-order valence-corrected chi connectivity index (χ1v) is 15.6. The Labute approximate surface area is 243 Å². The number of hydrogen-bond acceptors (Lipinski definition) is 8. The summed E-state index contributed by atoms with van der Waals surface area (Å²) in [7, 11) is 1.81. The molecular formula is C29H50F2N8O2. The summed E-state index contributed by atoms with van der Waals surface area (Å²) < 4.78 is 30.5. The fraction of sp³-hybridized carbons (Fsp3) is 0.862. The topological polar surface area (TPSA) is 123 Å². The summed E-state index contributed by atoms with van der Waals surface area (Å²) in [4.78, 5) is 35.0. The van der Waals surface area contributed by atoms with Crippen LogP contribution >= 0.6 is 0 Å². The lowest BCUT2D eigenvalue weighted by atomic mass is 9.70. The van der Waals surface area contributed by atoms with Gasteiger partial charge >= 0.3 is 0 Å². The lowest BCUT2D eigenvalue weighted by molar-refractivity contribution is -0.145. The molecule has 0 radical (unpaired) electrons. The third kappa shape index (κ3) is 6.41. The number of carbonyl (C=O) groups is 2. The van der Waals surface area contributed by atoms with Crippen molar-refractivity contribution >= 4 is 11.8 Å². The van der Waals surface area contributed by atoms with Gasteiger partial charge < -0.3 is 31.9 Å². The molecule has 0 aromatic heterocycles. The number of piperidine rings is 1. The molecule has 10 nitrogen and oxygen atoms in total. The number of fused-ring (bicyclic) bond motifs is 4. The zero-order chi connectivity index (χ0) is 29.3. The van der Waals surface area contributed by atoms with Crippen LogP contribution in [0, 0.1) is 11.3 Å². The van der Waals surface area contributed by atoms with E-state index in [4.69, 9.17) is 11.5 Å². The van der Waals surface area contributed by atoms with E-state index in [0.29, 0.717) is 52.1 Å². The van der Waals surface area contributed by atoms with Crippen LogP contribution in [0.3, 0.4) is 0 Å². The van der Waals surface area contributed by atoms with Gasteiger partial charge in [0.1, 0.15) is 18.0 Å². The van der Waals surface area contributed by atoms with Gasteiger partial charge in [0, 0.05) is 78.1 Å². The minimum absolute atomic E-state index is 0.00360. The second-order valence-corrected chi connectivity index (χ2v) is 13.1. The summed E-state index contributed by atoms with van der Waals surface area (Å²) in [6, 6.07) is -1.74. The Kier molecular flexibility index (Phi) is 9.54. The molecule has 232 valence electrons. The van der Waals surface area contributed by atoms with E-state index in [1.165, 1.54) is 0 Å². The summed E-state index contributed by atoms with van der Waals surface area (Å²) in [6.45, 7) is 6.68. The molecule has 4 fully saturated rings. The molecule has 2 amide bonds. The van der Waals surface area contributed by atoms with Crippen LogP contribution in [0.5, 0.6) is 0 Å². The number of nitrogens with zero attached hydrogens (tertiary/aromatic N) is 4. The van der Waals surface area contributed by atoms with Crippen LogP contribution < -0.4 is 22.1 Å². The molecule has 0 aromatic rings. The standard InChI is InChI=1S/C29H50F2N8O2/c1-3-29-7-4-6-19(30)17-38(9-5-8-29)22(14-29)24(26(32)33)27(40)35-21-16-34-15-20(31)25(21)39-13-12-37-11-10-36(2)28(41)23(37)18-39/h17,20-26,34H,3-16,18,32-33H2,1-2H3,(H,35,40). The zero-order valence-electron chi connectivity index (χ0n) is 24.7. The van der Waals surface area contributed by atoms with Gasteiger partial charge in [-0.3, -0.25) is 19.4 Å². The molecule has 5 rings (SSSR count). The zero-order valence-corrected chi connectivity index (χ0v) is 24.7. The van der Waals surface area contributed by atoms with Gasteiger partial charge in [-0.05, 0) is 37.5 Å². The number of piperazine rings is 2. The van der Waals surface area contributed by atoms with E-state index >= 15 is 4.39 Å². The van der Waals surface area contributed by atoms with E-state index in [9.17, 15) is 14.0 Å². The predicted molar refractivity (Wildman–Crippen MR) is 154 cm³/mol. The van der Waals surface area contributed by atoms with E-state index in [1.54, 1.807) is 11.1 Å². The Morgan fingerprint density at radius 2 is 1.88 bits per heavy atom. The summed E-state index contributed by atoms with van der Waals surface area (Å²) in [6.07, 6.45) is 5.10. The van der Waals surface area contributed by atoms with Gasteiger partial charge in [-0.15, -0.1) is 0 Å². The molecule has 5 aliphatic heterocycles. The van der Waals surface area contributed by atoms with Gasteiger partial charge in [-0.25, -0.2) is 8.78 Å². The van der Waals surface area contributed by atoms with E-state index in [0.717, 1.165) is 38.6 Å². The number of likely N-dealkylation sites (N-methyl/N-ethyl adjacent to an activating group) is 1. The maximum atomic E-state index is 15.6. The number of rotatable bonds is 6. The average molecular weight is 581 g/mol. The van der Waals surface area contributed by atoms with E-state index in [1.807, 2.05) is 16.8 Å². The Morgan fingerprint density at radius 3 is 2.63 bits per heavy atom. The van der Waals surface area contributed by atoms with Crippen molar-refractivity contribution in [3.63, 3.8) is 0 Å². The minimum atomic E-state index is -1.21. The van der Waals surface area contributed by atoms with Crippen LogP contribution in [0.2, 0.25) is 0 Å². The number of allylic oxidation sites excluding steroid dienone is 1. The highest BCUT2D eigenvalue weighted by Crippen LogP contribution is 2.45. The van der Waals surface area contributed by atoms with Crippen LogP contribution in [0.25, 0.3) is 0 Å². The van der Waals surface area contributed by atoms with Crippen molar-refractivity contribution in [2.75, 3.05) is 59.4 Å². The molecule has 0 aliphatic carbocycles. The molecule has 6 N–H and O–H groups in total. The predicted octanol–water partition coefficient (Wildman–Crippen LogP) is 0.345. The molecular weight excluding hydrogens is 530 g/mol. The van der Waals surface area contributed by atoms with Gasteiger partial charge in [0.2, 0.25) is 11.8 Å². The molecule has 5 aliphatic rings. The van der Waals surface area contributed by atoms with Crippen molar-refractivity contribution in [3.05, 3.63) is 12.0 Å². The minimum Gasteiger partial charge on any atom is -0.371 e. The third-order valence-corrected chi connectivity index (χ3v) is 10.6. The molecule has 7 unspecified atom stereocenters. The highest BCUT2D eigenvalue weighted by Gasteiger charge is 2.47. The lowest BCUT2D eigenvalue weighted by Gasteiger charge is -2.50. The van der Waals surface area contributed by atoms with Gasteiger partial charge in [0.05, 0.1) is 24.2 Å². The van der Waals surface area contributed by atoms with Crippen molar-refractivity contribution < 1.29 is 18.4 Å². The van der Waals surface area contributed by atoms with Gasteiger partial charge in [0.25, 0.3) is 0 Å². The summed E-state index contributed by atoms with van der Waals surface area (Å²) in [5, 5.41) is 6.28. The Morgan fingerprint density at radius 1 is 1.15 bits per heavy atom. The summed E-state index contributed by atoms with van der Waals surface area (Å²) >= 11 is 0. The van der Waals surface area contributed by atoms with E-state index in [-0.39, 0.29) is 41.7 Å². The highest BCUT2D eigenvalue weighted by atomic mass is 19.1. The number of nitrogens with two attached hydrogens (primary N) is 2. The van der Waals surface area contributed by atoms with Crippen molar-refractivity contribution in [2.24, 2.45) is 22.8 Å². The largest absolute Gasteiger partial charge is 0.371 e. The van der Waals surface area contributed by atoms with E-state index < -0.39 is 30.3 Å². The van der Waals surface area contributed by atoms with Crippen LogP contribution in [-0.4, -0.2) is 127 Å². The SMILES string of the molecule is CCC12CCCC(F)=CN(CCC1)C(C(C(=O)NC1CNCC(F)C1N1CCN3CCN(C)C(=O)C3C1)C(N)N)C2. The number of halogens is 2. The smallest absolute Gasteiger partial charge is 0.241 e. The summed E-state index contributed by atoms with van der Waals surface area (Å²) in [5.41, 5.74) is 12.7. The molecule has 0 aromatic carbocycles. The number of carbonyl (C=O) groups excluding carboxylic acids is 2. The fourth-order valence-electron chi connectivity index (χ4n) is 8.19. The number of hydrogen-bond donors (Lipinski definition) is 4. The van der Waals surface area contributed by atoms with Gasteiger partial charge in [-0.1, -0.05) is 13.3 Å². The maximum Gasteiger partial charge on any atom is 0.241 e. The molecule has 5 heterocycles. The molecule has 41 heavy (non-hydrogen) atoms. The third-order valence-electron chi connectivity index (χ3n) is 10.6. The monoisotopic (exact) mass is 580 g/mol. The normalized spacial score (nSPS) is 36.6. The van der Waals surface area contributed by atoms with Crippen LogP contribution in [0.15, 0.2) is 12.0 Å². The van der Waals surface area contributed by atoms with Crippen molar-refractivity contribution in [2.45, 2.75) is 88.4 Å². The van der Waals surface area contributed by atoms with Gasteiger partial charge in [-0.2, -0.15) is 0 Å². The van der Waals surface area contributed by atoms with Crippen molar-refractivity contribution in [1.29, 1.82) is 0 Å². The Balaban J connectivity index is 1.37. The first kappa shape index (κ1) is 30.6. The van der Waals surface area contributed by atoms with Crippen LogP contribution in [0.1, 0.15) is 51.9 Å². The van der Waals surface area contributed by atoms with Crippen molar-refractivity contribution in [1.82, 2.24) is 30.2 Å². The second kappa shape index (κ2) is 12.8. The molecule has 12 heteroatoms. The van der Waals surface area contributed by atoms with Crippen LogP contribution in [0.4, 0.5) is 8.78 Å². The van der Waals surface area contributed by atoms with Crippen molar-refractivity contribution in [3.8, 4) is 0 Å². The number of nitrogens with one attached hydrogen (secondary N) is 2. The molecule has 0 saturated carbocycles. The first-order valence-electron chi connectivity index (χ1n) is 15.6. The van der Waals surface area contributed by atoms with Crippen LogP contribution in [-0.2, 0) is 9.59 Å². The summed E-state index contributed by atoms with van der Waals surface area (Å²) in [5.74, 6) is -1.21. The second-order valence-electron chi connectivity index (χ2n) is 13.1. The number of alkyl halides is 1. The molecule has 7 atom stereocenters. The van der Waals surface area contributed by atoms with Gasteiger partial charge in [0.15, 0.2) is 0 Å². The fourth-order valence-corrected chi connectivity index (χ4v) is 8.19. The first-order chi connectivity index (χ1) is 19.6.